The summed E-state index contributed by atoms with van der Waals surface area (Å²) in [5.74, 6) is -0.305. The molecule has 1 heterocycles. The Bertz CT molecular complexity index is 428. The number of aliphatic hydroxyl groups excluding tert-OH is 1. The molecule has 0 spiro atoms. The van der Waals surface area contributed by atoms with Crippen LogP contribution >= 0.6 is 15.9 Å². The topological polar surface area (TPSA) is 71.3 Å². The minimum Gasteiger partial charge on any atom is -0.392 e. The highest BCUT2D eigenvalue weighted by atomic mass is 79.9. The summed E-state index contributed by atoms with van der Waals surface area (Å²) < 4.78 is 2.02. The summed E-state index contributed by atoms with van der Waals surface area (Å²) in [6.45, 7) is 1.71. The molecule has 0 bridgehead atoms. The highest BCUT2D eigenvalue weighted by molar-refractivity contribution is 9.10. The standard InChI is InChI=1S/C10H13BrN2O3/c1-7(14)4-12-9(15)6-13-5-8(11)2-3-10(13)16/h2-3,5,7,14H,4,6H2,1H3,(H,12,15)/t7-/m0/s1. The smallest absolute Gasteiger partial charge is 0.251 e. The van der Waals surface area contributed by atoms with Gasteiger partial charge in [-0.05, 0) is 28.9 Å². The zero-order chi connectivity index (χ0) is 12.1. The molecule has 0 fully saturated rings. The maximum absolute atomic E-state index is 11.4. The molecule has 0 aliphatic heterocycles. The van der Waals surface area contributed by atoms with Gasteiger partial charge in [-0.15, -0.1) is 0 Å². The lowest BCUT2D eigenvalue weighted by atomic mass is 10.4. The highest BCUT2D eigenvalue weighted by Gasteiger charge is 2.05. The Labute approximate surface area is 101 Å². The van der Waals surface area contributed by atoms with E-state index in [0.29, 0.717) is 0 Å². The molecule has 88 valence electrons. The predicted octanol–water partition coefficient (Wildman–Crippen LogP) is 0.108. The van der Waals surface area contributed by atoms with Crippen molar-refractivity contribution in [2.45, 2.75) is 19.6 Å². The lowest BCUT2D eigenvalue weighted by Gasteiger charge is -2.08. The number of aromatic nitrogens is 1. The van der Waals surface area contributed by atoms with Crippen LogP contribution in [0, 0.1) is 0 Å². The molecule has 0 unspecified atom stereocenters. The first-order valence-electron chi connectivity index (χ1n) is 4.80. The SMILES string of the molecule is C[C@H](O)CNC(=O)Cn1cc(Br)ccc1=O. The van der Waals surface area contributed by atoms with Crippen LogP contribution in [0.3, 0.4) is 0 Å². The van der Waals surface area contributed by atoms with E-state index in [0.717, 1.165) is 4.47 Å². The van der Waals surface area contributed by atoms with Gasteiger partial charge in [0.2, 0.25) is 5.91 Å². The van der Waals surface area contributed by atoms with E-state index in [9.17, 15) is 9.59 Å². The fraction of sp³-hybridized carbons (Fsp3) is 0.400. The summed E-state index contributed by atoms with van der Waals surface area (Å²) in [5.41, 5.74) is -0.240. The van der Waals surface area contributed by atoms with E-state index < -0.39 is 6.10 Å². The van der Waals surface area contributed by atoms with Crippen LogP contribution in [0.1, 0.15) is 6.92 Å². The molecule has 0 aromatic carbocycles. The Kier molecular flexibility index (Phi) is 4.70. The third kappa shape index (κ3) is 4.16. The quantitative estimate of drug-likeness (QED) is 0.826. The Morgan fingerprint density at radius 2 is 2.31 bits per heavy atom. The number of aliphatic hydroxyl groups is 1. The van der Waals surface area contributed by atoms with Gasteiger partial charge < -0.3 is 15.0 Å². The number of carbonyl (C=O) groups is 1. The zero-order valence-corrected chi connectivity index (χ0v) is 10.4. The first kappa shape index (κ1) is 12.9. The van der Waals surface area contributed by atoms with Gasteiger partial charge in [-0.25, -0.2) is 0 Å². The van der Waals surface area contributed by atoms with Crippen molar-refractivity contribution in [3.63, 3.8) is 0 Å². The fourth-order valence-corrected chi connectivity index (χ4v) is 1.48. The van der Waals surface area contributed by atoms with Gasteiger partial charge in [0.15, 0.2) is 0 Å². The normalized spacial score (nSPS) is 12.2. The van der Waals surface area contributed by atoms with E-state index >= 15 is 0 Å². The van der Waals surface area contributed by atoms with Gasteiger partial charge in [-0.3, -0.25) is 9.59 Å². The molecule has 2 N–H and O–H groups in total. The molecule has 0 radical (unpaired) electrons. The number of hydrogen-bond donors (Lipinski definition) is 2. The van der Waals surface area contributed by atoms with Crippen LogP contribution in [0.25, 0.3) is 0 Å². The molecule has 1 aromatic heterocycles. The van der Waals surface area contributed by atoms with Gasteiger partial charge in [0.25, 0.3) is 5.56 Å². The van der Waals surface area contributed by atoms with E-state index in [1.807, 2.05) is 0 Å². The Morgan fingerprint density at radius 3 is 2.94 bits per heavy atom. The van der Waals surface area contributed by atoms with Crippen molar-refractivity contribution in [3.05, 3.63) is 33.2 Å². The van der Waals surface area contributed by atoms with Crippen LogP contribution in [0.4, 0.5) is 0 Å². The molecular weight excluding hydrogens is 276 g/mol. The second-order valence-corrected chi connectivity index (χ2v) is 4.38. The summed E-state index contributed by atoms with van der Waals surface area (Å²) in [7, 11) is 0. The molecule has 1 aromatic rings. The molecule has 5 nitrogen and oxygen atoms in total. The lowest BCUT2D eigenvalue weighted by Crippen LogP contribution is -2.35. The lowest BCUT2D eigenvalue weighted by molar-refractivity contribution is -0.122. The Hall–Kier alpha value is -1.14. The van der Waals surface area contributed by atoms with Crippen molar-refractivity contribution in [2.75, 3.05) is 6.54 Å². The molecule has 0 saturated heterocycles. The van der Waals surface area contributed by atoms with Crippen molar-refractivity contribution >= 4 is 21.8 Å². The second-order valence-electron chi connectivity index (χ2n) is 3.47. The zero-order valence-electron chi connectivity index (χ0n) is 8.81. The third-order valence-electron chi connectivity index (χ3n) is 1.86. The van der Waals surface area contributed by atoms with Gasteiger partial charge in [-0.1, -0.05) is 0 Å². The minimum atomic E-state index is -0.594. The number of pyridine rings is 1. The monoisotopic (exact) mass is 288 g/mol. The molecule has 0 saturated carbocycles. The van der Waals surface area contributed by atoms with E-state index in [-0.39, 0.29) is 24.6 Å². The molecule has 0 aliphatic rings. The van der Waals surface area contributed by atoms with Crippen molar-refractivity contribution < 1.29 is 9.90 Å². The average Bonchev–Trinajstić information content (AvgIpc) is 2.20. The van der Waals surface area contributed by atoms with E-state index in [1.165, 1.54) is 10.6 Å². The van der Waals surface area contributed by atoms with Crippen molar-refractivity contribution in [1.29, 1.82) is 0 Å². The van der Waals surface area contributed by atoms with Crippen LogP contribution in [-0.2, 0) is 11.3 Å². The van der Waals surface area contributed by atoms with Gasteiger partial charge in [0.05, 0.1) is 6.10 Å². The molecule has 1 rings (SSSR count). The number of carbonyl (C=O) groups excluding carboxylic acids is 1. The van der Waals surface area contributed by atoms with E-state index in [2.05, 4.69) is 21.2 Å². The number of nitrogens with one attached hydrogen (secondary N) is 1. The number of amides is 1. The minimum absolute atomic E-state index is 0.0506. The van der Waals surface area contributed by atoms with Crippen LogP contribution in [0.2, 0.25) is 0 Å². The Balaban J connectivity index is 2.62. The van der Waals surface area contributed by atoms with Crippen LogP contribution < -0.4 is 10.9 Å². The average molecular weight is 289 g/mol. The van der Waals surface area contributed by atoms with Crippen LogP contribution in [0.5, 0.6) is 0 Å². The second kappa shape index (κ2) is 5.81. The fourth-order valence-electron chi connectivity index (χ4n) is 1.10. The summed E-state index contributed by atoms with van der Waals surface area (Å²) in [6.07, 6.45) is 0.952. The third-order valence-corrected chi connectivity index (χ3v) is 2.33. The van der Waals surface area contributed by atoms with Gasteiger partial charge in [0.1, 0.15) is 6.54 Å². The maximum atomic E-state index is 11.4. The summed E-state index contributed by atoms with van der Waals surface area (Å²) in [6, 6.07) is 3.00. The van der Waals surface area contributed by atoms with Gasteiger partial charge in [0, 0.05) is 23.3 Å². The van der Waals surface area contributed by atoms with E-state index in [1.54, 1.807) is 19.2 Å². The van der Waals surface area contributed by atoms with Crippen LogP contribution in [-0.4, -0.2) is 28.2 Å². The van der Waals surface area contributed by atoms with Crippen molar-refractivity contribution in [1.82, 2.24) is 9.88 Å². The van der Waals surface area contributed by atoms with Gasteiger partial charge >= 0.3 is 0 Å². The number of nitrogens with zero attached hydrogens (tertiary/aromatic N) is 1. The highest BCUT2D eigenvalue weighted by Crippen LogP contribution is 2.04. The predicted molar refractivity (Wildman–Crippen MR) is 63.1 cm³/mol. The summed E-state index contributed by atoms with van der Waals surface area (Å²) in [4.78, 5) is 22.7. The summed E-state index contributed by atoms with van der Waals surface area (Å²) in [5, 5.41) is 11.5. The maximum Gasteiger partial charge on any atom is 0.251 e. The van der Waals surface area contributed by atoms with Crippen molar-refractivity contribution in [3.8, 4) is 0 Å². The summed E-state index contributed by atoms with van der Waals surface area (Å²) >= 11 is 3.22. The number of halogens is 1. The molecule has 1 amide bonds. The van der Waals surface area contributed by atoms with Crippen LogP contribution in [0.15, 0.2) is 27.6 Å². The Morgan fingerprint density at radius 1 is 1.62 bits per heavy atom. The van der Waals surface area contributed by atoms with Crippen molar-refractivity contribution in [2.24, 2.45) is 0 Å². The first-order chi connectivity index (χ1) is 7.49. The molecule has 16 heavy (non-hydrogen) atoms. The molecule has 6 heteroatoms. The first-order valence-corrected chi connectivity index (χ1v) is 5.59. The molecule has 0 aliphatic carbocycles. The van der Waals surface area contributed by atoms with Gasteiger partial charge in [-0.2, -0.15) is 0 Å². The number of rotatable bonds is 4. The molecular formula is C10H13BrN2O3. The van der Waals surface area contributed by atoms with E-state index in [4.69, 9.17) is 5.11 Å². The molecule has 1 atom stereocenters. The number of hydrogen-bond acceptors (Lipinski definition) is 3. The largest absolute Gasteiger partial charge is 0.392 e.